The van der Waals surface area contributed by atoms with Crippen LogP contribution in [0, 0.1) is 11.8 Å². The number of carboxylic acid groups (broad SMARTS) is 1. The largest absolute Gasteiger partial charge is 0.480 e. The summed E-state index contributed by atoms with van der Waals surface area (Å²) in [6, 6.07) is -0.249. The Bertz CT molecular complexity index is 228. The average molecular weight is 227 g/mol. The maximum atomic E-state index is 11.2. The molecule has 1 rings (SSSR count). The molecule has 3 heteroatoms. The van der Waals surface area contributed by atoms with Crippen molar-refractivity contribution in [3.05, 3.63) is 0 Å². The maximum Gasteiger partial charge on any atom is 0.321 e. The van der Waals surface area contributed by atoms with Crippen molar-refractivity contribution in [2.24, 2.45) is 11.8 Å². The summed E-state index contributed by atoms with van der Waals surface area (Å²) in [4.78, 5) is 13.4. The molecule has 0 aliphatic carbocycles. The molecule has 2 atom stereocenters. The summed E-state index contributed by atoms with van der Waals surface area (Å²) in [7, 11) is 0. The first kappa shape index (κ1) is 13.5. The van der Waals surface area contributed by atoms with Crippen molar-refractivity contribution in [1.82, 2.24) is 4.90 Å². The number of carboxylic acids is 1. The second kappa shape index (κ2) is 6.24. The van der Waals surface area contributed by atoms with Gasteiger partial charge in [-0.15, -0.1) is 0 Å². The number of hydrogen-bond donors (Lipinski definition) is 1. The molecule has 0 bridgehead atoms. The number of nitrogens with zero attached hydrogens (tertiary/aromatic N) is 1. The molecule has 0 spiro atoms. The normalized spacial score (nSPS) is 27.2. The van der Waals surface area contributed by atoms with E-state index in [1.807, 2.05) is 0 Å². The first-order chi connectivity index (χ1) is 7.52. The fraction of sp³-hybridized carbons (Fsp3) is 0.923. The van der Waals surface area contributed by atoms with Gasteiger partial charge in [-0.05, 0) is 50.6 Å². The van der Waals surface area contributed by atoms with Crippen LogP contribution in [0.3, 0.4) is 0 Å². The highest BCUT2D eigenvalue weighted by Crippen LogP contribution is 2.24. The van der Waals surface area contributed by atoms with E-state index in [-0.39, 0.29) is 6.04 Å². The van der Waals surface area contributed by atoms with Gasteiger partial charge in [0.05, 0.1) is 0 Å². The lowest BCUT2D eigenvalue weighted by Crippen LogP contribution is -2.49. The zero-order valence-electron chi connectivity index (χ0n) is 10.8. The number of piperidine rings is 1. The van der Waals surface area contributed by atoms with E-state index in [9.17, 15) is 9.90 Å². The minimum Gasteiger partial charge on any atom is -0.480 e. The highest BCUT2D eigenvalue weighted by atomic mass is 16.4. The Balaban J connectivity index is 2.45. The van der Waals surface area contributed by atoms with E-state index in [4.69, 9.17) is 0 Å². The van der Waals surface area contributed by atoms with Crippen LogP contribution in [0.25, 0.3) is 0 Å². The van der Waals surface area contributed by atoms with Gasteiger partial charge in [0.1, 0.15) is 6.04 Å². The summed E-state index contributed by atoms with van der Waals surface area (Å²) in [5.74, 6) is 0.368. The lowest BCUT2D eigenvalue weighted by Gasteiger charge is -2.37. The van der Waals surface area contributed by atoms with Crippen molar-refractivity contribution < 1.29 is 9.90 Å². The third-order valence-electron chi connectivity index (χ3n) is 3.52. The topological polar surface area (TPSA) is 40.5 Å². The summed E-state index contributed by atoms with van der Waals surface area (Å²) in [6.07, 6.45) is 4.51. The Morgan fingerprint density at radius 3 is 2.75 bits per heavy atom. The molecule has 94 valence electrons. The SMILES string of the molecule is CC(C)CCCN1CCCC(C)C1C(=O)O. The Morgan fingerprint density at radius 2 is 2.19 bits per heavy atom. The first-order valence-corrected chi connectivity index (χ1v) is 6.49. The molecule has 1 fully saturated rings. The Labute approximate surface area is 98.8 Å². The molecule has 0 radical (unpaired) electrons. The molecule has 0 saturated carbocycles. The van der Waals surface area contributed by atoms with Gasteiger partial charge in [-0.2, -0.15) is 0 Å². The summed E-state index contributed by atoms with van der Waals surface area (Å²) in [6.45, 7) is 8.40. The minimum atomic E-state index is -0.642. The molecule has 1 aliphatic heterocycles. The third kappa shape index (κ3) is 3.78. The predicted molar refractivity (Wildman–Crippen MR) is 65.5 cm³/mol. The van der Waals surface area contributed by atoms with Crippen LogP contribution in [0.15, 0.2) is 0 Å². The van der Waals surface area contributed by atoms with E-state index < -0.39 is 5.97 Å². The second-order valence-electron chi connectivity index (χ2n) is 5.47. The Hall–Kier alpha value is -0.570. The molecule has 1 N–H and O–H groups in total. The molecule has 1 saturated heterocycles. The van der Waals surface area contributed by atoms with E-state index in [1.165, 1.54) is 6.42 Å². The van der Waals surface area contributed by atoms with Gasteiger partial charge in [0, 0.05) is 0 Å². The van der Waals surface area contributed by atoms with Crippen LogP contribution < -0.4 is 0 Å². The molecular weight excluding hydrogens is 202 g/mol. The molecule has 0 amide bonds. The van der Waals surface area contributed by atoms with Crippen LogP contribution in [0.1, 0.15) is 46.5 Å². The summed E-state index contributed by atoms with van der Waals surface area (Å²) in [5.41, 5.74) is 0. The Kier molecular flexibility index (Phi) is 5.26. The standard InChI is InChI=1S/C13H25NO2/c1-10(2)6-4-8-14-9-5-7-11(3)12(14)13(15)16/h10-12H,4-9H2,1-3H3,(H,15,16). The molecule has 0 aromatic rings. The number of likely N-dealkylation sites (tertiary alicyclic amines) is 1. The van der Waals surface area contributed by atoms with Crippen LogP contribution in [-0.2, 0) is 4.79 Å². The monoisotopic (exact) mass is 227 g/mol. The molecular formula is C13H25NO2. The van der Waals surface area contributed by atoms with Crippen molar-refractivity contribution in [1.29, 1.82) is 0 Å². The van der Waals surface area contributed by atoms with Gasteiger partial charge in [0.25, 0.3) is 0 Å². The van der Waals surface area contributed by atoms with Gasteiger partial charge in [0.2, 0.25) is 0 Å². The molecule has 3 nitrogen and oxygen atoms in total. The molecule has 1 heterocycles. The second-order valence-corrected chi connectivity index (χ2v) is 5.47. The Morgan fingerprint density at radius 1 is 1.50 bits per heavy atom. The van der Waals surface area contributed by atoms with Crippen molar-refractivity contribution in [3.8, 4) is 0 Å². The van der Waals surface area contributed by atoms with Crippen molar-refractivity contribution in [2.75, 3.05) is 13.1 Å². The minimum absolute atomic E-state index is 0.249. The fourth-order valence-corrected chi connectivity index (χ4v) is 2.63. The fourth-order valence-electron chi connectivity index (χ4n) is 2.63. The molecule has 2 unspecified atom stereocenters. The van der Waals surface area contributed by atoms with Gasteiger partial charge in [-0.25, -0.2) is 0 Å². The van der Waals surface area contributed by atoms with Crippen LogP contribution in [-0.4, -0.2) is 35.1 Å². The zero-order valence-corrected chi connectivity index (χ0v) is 10.8. The maximum absolute atomic E-state index is 11.2. The number of rotatable bonds is 5. The summed E-state index contributed by atoms with van der Waals surface area (Å²) >= 11 is 0. The smallest absolute Gasteiger partial charge is 0.321 e. The van der Waals surface area contributed by atoms with E-state index >= 15 is 0 Å². The van der Waals surface area contributed by atoms with Crippen molar-refractivity contribution in [2.45, 2.75) is 52.5 Å². The van der Waals surface area contributed by atoms with E-state index in [0.717, 1.165) is 32.4 Å². The first-order valence-electron chi connectivity index (χ1n) is 6.49. The highest BCUT2D eigenvalue weighted by Gasteiger charge is 2.33. The van der Waals surface area contributed by atoms with Gasteiger partial charge in [-0.3, -0.25) is 9.69 Å². The summed E-state index contributed by atoms with van der Waals surface area (Å²) < 4.78 is 0. The van der Waals surface area contributed by atoms with E-state index in [0.29, 0.717) is 11.8 Å². The average Bonchev–Trinajstić information content (AvgIpc) is 2.16. The quantitative estimate of drug-likeness (QED) is 0.785. The van der Waals surface area contributed by atoms with Crippen molar-refractivity contribution >= 4 is 5.97 Å². The lowest BCUT2D eigenvalue weighted by atomic mass is 9.90. The van der Waals surface area contributed by atoms with Crippen LogP contribution in [0.2, 0.25) is 0 Å². The predicted octanol–water partition coefficient (Wildman–Crippen LogP) is 2.61. The highest BCUT2D eigenvalue weighted by molar-refractivity contribution is 5.74. The van der Waals surface area contributed by atoms with Gasteiger partial charge >= 0.3 is 5.97 Å². The van der Waals surface area contributed by atoms with E-state index in [2.05, 4.69) is 25.7 Å². The van der Waals surface area contributed by atoms with Gasteiger partial charge < -0.3 is 5.11 Å². The zero-order chi connectivity index (χ0) is 12.1. The van der Waals surface area contributed by atoms with Crippen LogP contribution in [0.4, 0.5) is 0 Å². The molecule has 0 aromatic heterocycles. The summed E-state index contributed by atoms with van der Waals surface area (Å²) in [5, 5.41) is 9.25. The number of hydrogen-bond acceptors (Lipinski definition) is 2. The van der Waals surface area contributed by atoms with Gasteiger partial charge in [0.15, 0.2) is 0 Å². The molecule has 0 aromatic carbocycles. The lowest BCUT2D eigenvalue weighted by molar-refractivity contribution is -0.146. The van der Waals surface area contributed by atoms with Crippen LogP contribution in [0.5, 0.6) is 0 Å². The number of aliphatic carboxylic acids is 1. The van der Waals surface area contributed by atoms with Crippen molar-refractivity contribution in [3.63, 3.8) is 0 Å². The number of carbonyl (C=O) groups is 1. The molecule has 1 aliphatic rings. The van der Waals surface area contributed by atoms with E-state index in [1.54, 1.807) is 0 Å². The van der Waals surface area contributed by atoms with Gasteiger partial charge in [-0.1, -0.05) is 20.8 Å². The molecule has 16 heavy (non-hydrogen) atoms. The van der Waals surface area contributed by atoms with Crippen LogP contribution >= 0.6 is 0 Å². The third-order valence-corrected chi connectivity index (χ3v) is 3.52.